The van der Waals surface area contributed by atoms with Gasteiger partial charge in [0.15, 0.2) is 0 Å². The van der Waals surface area contributed by atoms with Gasteiger partial charge in [0.2, 0.25) is 5.91 Å². The third-order valence-electron chi connectivity index (χ3n) is 3.72. The SMILES string of the molecule is CN(Cc1csc(Br)c1)C(=O)C1(C#N)CCCCC1. The minimum atomic E-state index is -0.778. The molecule has 0 unspecified atom stereocenters. The quantitative estimate of drug-likeness (QED) is 0.836. The largest absolute Gasteiger partial charge is 0.340 e. The Labute approximate surface area is 126 Å². The number of nitrogens with zero attached hydrogens (tertiary/aromatic N) is 2. The van der Waals surface area contributed by atoms with Crippen LogP contribution in [0.5, 0.6) is 0 Å². The van der Waals surface area contributed by atoms with Crippen LogP contribution in [0.25, 0.3) is 0 Å². The van der Waals surface area contributed by atoms with Gasteiger partial charge in [-0.2, -0.15) is 5.26 Å². The van der Waals surface area contributed by atoms with Gasteiger partial charge in [0.05, 0.1) is 9.86 Å². The van der Waals surface area contributed by atoms with Crippen molar-refractivity contribution in [1.82, 2.24) is 4.90 Å². The molecular formula is C14H17BrN2OS. The number of amides is 1. The molecule has 0 spiro atoms. The van der Waals surface area contributed by atoms with E-state index in [4.69, 9.17) is 0 Å². The molecule has 3 nitrogen and oxygen atoms in total. The maximum atomic E-state index is 12.6. The molecule has 0 N–H and O–H groups in total. The minimum Gasteiger partial charge on any atom is -0.340 e. The van der Waals surface area contributed by atoms with E-state index in [1.165, 1.54) is 0 Å². The lowest BCUT2D eigenvalue weighted by molar-refractivity contribution is -0.139. The van der Waals surface area contributed by atoms with Gasteiger partial charge in [-0.1, -0.05) is 19.3 Å². The number of carbonyl (C=O) groups is 1. The smallest absolute Gasteiger partial charge is 0.243 e. The molecule has 1 saturated carbocycles. The first-order chi connectivity index (χ1) is 9.07. The summed E-state index contributed by atoms with van der Waals surface area (Å²) < 4.78 is 1.07. The van der Waals surface area contributed by atoms with Crippen molar-refractivity contribution in [3.8, 4) is 6.07 Å². The molecule has 0 radical (unpaired) electrons. The summed E-state index contributed by atoms with van der Waals surface area (Å²) in [5.41, 5.74) is 0.330. The zero-order valence-electron chi connectivity index (χ0n) is 11.0. The third-order valence-corrected chi connectivity index (χ3v) is 5.27. The minimum absolute atomic E-state index is 0.0166. The highest BCUT2D eigenvalue weighted by Gasteiger charge is 2.41. The van der Waals surface area contributed by atoms with E-state index in [0.29, 0.717) is 19.4 Å². The maximum Gasteiger partial charge on any atom is 0.243 e. The van der Waals surface area contributed by atoms with Gasteiger partial charge in [0.25, 0.3) is 0 Å². The highest BCUT2D eigenvalue weighted by atomic mass is 79.9. The number of halogens is 1. The molecule has 1 aromatic rings. The van der Waals surface area contributed by atoms with Gasteiger partial charge >= 0.3 is 0 Å². The second-order valence-electron chi connectivity index (χ2n) is 5.17. The molecule has 1 aromatic heterocycles. The Bertz CT molecular complexity index is 500. The molecule has 1 amide bonds. The van der Waals surface area contributed by atoms with Crippen LogP contribution in [0, 0.1) is 16.7 Å². The normalized spacial score (nSPS) is 17.7. The van der Waals surface area contributed by atoms with Crippen molar-refractivity contribution >= 4 is 33.2 Å². The van der Waals surface area contributed by atoms with Gasteiger partial charge in [-0.15, -0.1) is 11.3 Å². The number of carbonyl (C=O) groups excluding carboxylic acids is 1. The molecule has 1 heterocycles. The highest BCUT2D eigenvalue weighted by Crippen LogP contribution is 2.37. The number of thiophene rings is 1. The molecule has 0 saturated heterocycles. The van der Waals surface area contributed by atoms with Crippen molar-refractivity contribution < 1.29 is 4.79 Å². The van der Waals surface area contributed by atoms with Crippen molar-refractivity contribution in [2.45, 2.75) is 38.6 Å². The van der Waals surface area contributed by atoms with E-state index in [2.05, 4.69) is 22.0 Å². The maximum absolute atomic E-state index is 12.6. The number of nitriles is 1. The number of hydrogen-bond acceptors (Lipinski definition) is 3. The summed E-state index contributed by atoms with van der Waals surface area (Å²) in [4.78, 5) is 14.3. The summed E-state index contributed by atoms with van der Waals surface area (Å²) in [5.74, 6) is -0.0166. The van der Waals surface area contributed by atoms with E-state index < -0.39 is 5.41 Å². The molecule has 2 rings (SSSR count). The monoisotopic (exact) mass is 340 g/mol. The van der Waals surface area contributed by atoms with Crippen molar-refractivity contribution in [1.29, 1.82) is 5.26 Å². The third kappa shape index (κ3) is 3.18. The Morgan fingerprint density at radius 2 is 2.21 bits per heavy atom. The lowest BCUT2D eigenvalue weighted by Crippen LogP contribution is -2.42. The van der Waals surface area contributed by atoms with Crippen molar-refractivity contribution in [2.24, 2.45) is 5.41 Å². The average Bonchev–Trinajstić information content (AvgIpc) is 2.84. The fraction of sp³-hybridized carbons (Fsp3) is 0.571. The summed E-state index contributed by atoms with van der Waals surface area (Å²) in [5, 5.41) is 11.5. The zero-order valence-corrected chi connectivity index (χ0v) is 13.4. The molecule has 0 aliphatic heterocycles. The average molecular weight is 341 g/mol. The van der Waals surface area contributed by atoms with Crippen molar-refractivity contribution in [3.05, 3.63) is 20.8 Å². The summed E-state index contributed by atoms with van der Waals surface area (Å²) in [7, 11) is 1.79. The van der Waals surface area contributed by atoms with Gasteiger partial charge in [-0.05, 0) is 45.8 Å². The van der Waals surface area contributed by atoms with Crippen LogP contribution in [0.2, 0.25) is 0 Å². The second-order valence-corrected chi connectivity index (χ2v) is 7.47. The lowest BCUT2D eigenvalue weighted by atomic mass is 9.74. The van der Waals surface area contributed by atoms with E-state index in [-0.39, 0.29) is 5.91 Å². The van der Waals surface area contributed by atoms with Gasteiger partial charge in [0, 0.05) is 13.6 Å². The second kappa shape index (κ2) is 6.06. The molecule has 5 heteroatoms. The van der Waals surface area contributed by atoms with E-state index in [9.17, 15) is 10.1 Å². The summed E-state index contributed by atoms with van der Waals surface area (Å²) in [6, 6.07) is 4.31. The summed E-state index contributed by atoms with van der Waals surface area (Å²) >= 11 is 5.03. The van der Waals surface area contributed by atoms with Crippen molar-refractivity contribution in [3.63, 3.8) is 0 Å². The topological polar surface area (TPSA) is 44.1 Å². The van der Waals surface area contributed by atoms with E-state index in [0.717, 1.165) is 28.6 Å². The van der Waals surface area contributed by atoms with Crippen LogP contribution in [0.15, 0.2) is 15.2 Å². The van der Waals surface area contributed by atoms with Gasteiger partial charge < -0.3 is 4.90 Å². The Morgan fingerprint density at radius 3 is 2.74 bits per heavy atom. The molecule has 1 aliphatic rings. The zero-order chi connectivity index (χ0) is 13.9. The molecule has 0 aromatic carbocycles. The predicted molar refractivity (Wildman–Crippen MR) is 79.6 cm³/mol. The first-order valence-electron chi connectivity index (χ1n) is 6.47. The van der Waals surface area contributed by atoms with E-state index >= 15 is 0 Å². The Hall–Kier alpha value is -0.860. The van der Waals surface area contributed by atoms with Crippen LogP contribution < -0.4 is 0 Å². The van der Waals surface area contributed by atoms with Gasteiger partial charge in [-0.3, -0.25) is 4.79 Å². The number of hydrogen-bond donors (Lipinski definition) is 0. The first-order valence-corrected chi connectivity index (χ1v) is 8.14. The molecule has 19 heavy (non-hydrogen) atoms. The summed E-state index contributed by atoms with van der Waals surface area (Å²) in [6.07, 6.45) is 4.52. The van der Waals surface area contributed by atoms with Crippen LogP contribution >= 0.6 is 27.3 Å². The van der Waals surface area contributed by atoms with Crippen LogP contribution in [-0.2, 0) is 11.3 Å². The lowest BCUT2D eigenvalue weighted by Gasteiger charge is -2.33. The molecule has 102 valence electrons. The molecule has 0 bridgehead atoms. The summed E-state index contributed by atoms with van der Waals surface area (Å²) in [6.45, 7) is 0.574. The Kier molecular flexibility index (Phi) is 4.64. The van der Waals surface area contributed by atoms with Gasteiger partial charge in [-0.25, -0.2) is 0 Å². The fourth-order valence-corrected chi connectivity index (χ4v) is 3.87. The predicted octanol–water partition coefficient (Wildman–Crippen LogP) is 3.94. The van der Waals surface area contributed by atoms with E-state index in [1.54, 1.807) is 23.3 Å². The fourth-order valence-electron chi connectivity index (χ4n) is 2.67. The van der Waals surface area contributed by atoms with E-state index in [1.807, 2.05) is 11.4 Å². The molecule has 1 fully saturated rings. The Balaban J connectivity index is 2.07. The van der Waals surface area contributed by atoms with Crippen LogP contribution in [0.3, 0.4) is 0 Å². The van der Waals surface area contributed by atoms with Crippen LogP contribution in [0.1, 0.15) is 37.7 Å². The molecule has 0 atom stereocenters. The highest BCUT2D eigenvalue weighted by molar-refractivity contribution is 9.11. The van der Waals surface area contributed by atoms with Crippen LogP contribution in [-0.4, -0.2) is 17.9 Å². The van der Waals surface area contributed by atoms with Crippen LogP contribution in [0.4, 0.5) is 0 Å². The standard InChI is InChI=1S/C14H17BrN2OS/c1-17(8-11-7-12(15)19-9-11)13(18)14(10-16)5-3-2-4-6-14/h7,9H,2-6,8H2,1H3. The Morgan fingerprint density at radius 1 is 1.53 bits per heavy atom. The van der Waals surface area contributed by atoms with Crippen molar-refractivity contribution in [2.75, 3.05) is 7.05 Å². The molecular weight excluding hydrogens is 324 g/mol. The molecule has 1 aliphatic carbocycles. The van der Waals surface area contributed by atoms with Gasteiger partial charge in [0.1, 0.15) is 5.41 Å². The first kappa shape index (κ1) is 14.5. The number of rotatable bonds is 3.